The number of nitro groups is 1. The Labute approximate surface area is 161 Å². The molecule has 3 rings (SSSR count). The van der Waals surface area contributed by atoms with E-state index in [2.05, 4.69) is 10.5 Å². The molecular weight excluding hydrogens is 374 g/mol. The number of rotatable bonds is 5. The Morgan fingerprint density at radius 2 is 2.04 bits per heavy atom. The molecule has 1 atom stereocenters. The Balaban J connectivity index is 1.61. The molecule has 1 aromatic carbocycles. The molecule has 1 amide bonds. The molecule has 1 saturated heterocycles. The van der Waals surface area contributed by atoms with Crippen LogP contribution in [0.4, 0.5) is 17.2 Å². The van der Waals surface area contributed by atoms with Crippen LogP contribution in [0.5, 0.6) is 0 Å². The van der Waals surface area contributed by atoms with Crippen LogP contribution in [-0.4, -0.2) is 53.1 Å². The van der Waals surface area contributed by atoms with E-state index in [9.17, 15) is 14.9 Å². The third-order valence-electron chi connectivity index (χ3n) is 4.60. The first-order valence-corrected chi connectivity index (χ1v) is 8.90. The molecule has 144 valence electrons. The second-order valence-electron chi connectivity index (χ2n) is 6.40. The summed E-state index contributed by atoms with van der Waals surface area (Å²) < 4.78 is 4.94. The minimum atomic E-state index is -0.427. The van der Waals surface area contributed by atoms with E-state index in [1.54, 1.807) is 25.1 Å². The number of anilines is 2. The van der Waals surface area contributed by atoms with Crippen molar-refractivity contribution >= 4 is 34.7 Å². The van der Waals surface area contributed by atoms with Crippen molar-refractivity contribution in [1.82, 2.24) is 10.1 Å². The van der Waals surface area contributed by atoms with E-state index in [1.165, 1.54) is 6.07 Å². The van der Waals surface area contributed by atoms with Crippen LogP contribution < -0.4 is 10.2 Å². The maximum absolute atomic E-state index is 12.4. The predicted octanol–water partition coefficient (Wildman–Crippen LogP) is 2.69. The second-order valence-corrected chi connectivity index (χ2v) is 6.84. The Hall–Kier alpha value is -2.65. The quantitative estimate of drug-likeness (QED) is 0.615. The molecule has 0 radical (unpaired) electrons. The third kappa shape index (κ3) is 4.37. The van der Waals surface area contributed by atoms with Gasteiger partial charge in [0.1, 0.15) is 11.4 Å². The first kappa shape index (κ1) is 19.1. The zero-order chi connectivity index (χ0) is 19.6. The first-order chi connectivity index (χ1) is 12.8. The molecule has 0 saturated carbocycles. The van der Waals surface area contributed by atoms with Crippen molar-refractivity contribution in [2.24, 2.45) is 0 Å². The van der Waals surface area contributed by atoms with Gasteiger partial charge in [0.05, 0.1) is 11.0 Å². The molecular formula is C17H20ClN5O4. The number of hydrogen-bond donors (Lipinski definition) is 1. The SMILES string of the molecule is Cc1cc(NC(=O)C(C)N2CCN(c3ccc(Cl)cc3[N+](=O)[O-])CC2)no1. The number of nitro benzene ring substituents is 1. The number of benzene rings is 1. The summed E-state index contributed by atoms with van der Waals surface area (Å²) >= 11 is 5.88. The van der Waals surface area contributed by atoms with Gasteiger partial charge in [0.15, 0.2) is 5.82 Å². The number of carbonyl (C=O) groups is 1. The molecule has 1 aromatic heterocycles. The lowest BCUT2D eigenvalue weighted by Crippen LogP contribution is -2.53. The fourth-order valence-electron chi connectivity index (χ4n) is 3.08. The van der Waals surface area contributed by atoms with Gasteiger partial charge in [-0.1, -0.05) is 16.8 Å². The van der Waals surface area contributed by atoms with Gasteiger partial charge < -0.3 is 14.7 Å². The van der Waals surface area contributed by atoms with Crippen LogP contribution in [0, 0.1) is 17.0 Å². The van der Waals surface area contributed by atoms with Crippen LogP contribution in [0.2, 0.25) is 5.02 Å². The Kier molecular flexibility index (Phi) is 5.62. The zero-order valence-corrected chi connectivity index (χ0v) is 15.8. The summed E-state index contributed by atoms with van der Waals surface area (Å²) in [6.07, 6.45) is 0. The molecule has 2 heterocycles. The highest BCUT2D eigenvalue weighted by molar-refractivity contribution is 6.30. The number of amides is 1. The number of nitrogens with one attached hydrogen (secondary N) is 1. The van der Waals surface area contributed by atoms with Crippen LogP contribution >= 0.6 is 11.6 Å². The minimum Gasteiger partial charge on any atom is -0.363 e. The van der Waals surface area contributed by atoms with Gasteiger partial charge in [-0.15, -0.1) is 0 Å². The van der Waals surface area contributed by atoms with Crippen molar-refractivity contribution in [2.45, 2.75) is 19.9 Å². The smallest absolute Gasteiger partial charge is 0.294 e. The summed E-state index contributed by atoms with van der Waals surface area (Å²) in [5, 5.41) is 18.1. The van der Waals surface area contributed by atoms with Gasteiger partial charge >= 0.3 is 0 Å². The first-order valence-electron chi connectivity index (χ1n) is 8.52. The standard InChI is InChI=1S/C17H20ClN5O4/c1-11-9-16(20-27-11)19-17(24)12(2)21-5-7-22(8-6-21)14-4-3-13(18)10-15(14)23(25)26/h3-4,9-10,12H,5-8H2,1-2H3,(H,19,20,24). The monoisotopic (exact) mass is 393 g/mol. The average molecular weight is 394 g/mol. The number of aromatic nitrogens is 1. The third-order valence-corrected chi connectivity index (χ3v) is 4.83. The Morgan fingerprint density at radius 1 is 1.33 bits per heavy atom. The lowest BCUT2D eigenvalue weighted by molar-refractivity contribution is -0.384. The molecule has 0 bridgehead atoms. The highest BCUT2D eigenvalue weighted by Gasteiger charge is 2.28. The average Bonchev–Trinajstić information content (AvgIpc) is 3.05. The van der Waals surface area contributed by atoms with E-state index in [-0.39, 0.29) is 17.6 Å². The Morgan fingerprint density at radius 3 is 2.63 bits per heavy atom. The van der Waals surface area contributed by atoms with Crippen molar-refractivity contribution in [2.75, 3.05) is 36.4 Å². The highest BCUT2D eigenvalue weighted by Crippen LogP contribution is 2.31. The molecule has 1 aliphatic rings. The second kappa shape index (κ2) is 7.93. The molecule has 0 aliphatic carbocycles. The van der Waals surface area contributed by atoms with Gasteiger partial charge in [0, 0.05) is 43.3 Å². The van der Waals surface area contributed by atoms with Crippen molar-refractivity contribution in [3.63, 3.8) is 0 Å². The van der Waals surface area contributed by atoms with Gasteiger partial charge in [0.25, 0.3) is 5.69 Å². The predicted molar refractivity (Wildman–Crippen MR) is 101 cm³/mol. The molecule has 10 heteroatoms. The van der Waals surface area contributed by atoms with Gasteiger partial charge in [-0.05, 0) is 26.0 Å². The molecule has 27 heavy (non-hydrogen) atoms. The molecule has 1 fully saturated rings. The number of nitrogens with zero attached hydrogens (tertiary/aromatic N) is 4. The normalized spacial score (nSPS) is 16.2. The van der Waals surface area contributed by atoms with Crippen LogP contribution in [0.1, 0.15) is 12.7 Å². The van der Waals surface area contributed by atoms with E-state index in [1.807, 2.05) is 16.7 Å². The van der Waals surface area contributed by atoms with E-state index in [0.717, 1.165) is 0 Å². The van der Waals surface area contributed by atoms with E-state index in [0.29, 0.717) is 48.5 Å². The summed E-state index contributed by atoms with van der Waals surface area (Å²) in [5.41, 5.74) is 0.530. The number of aryl methyl sites for hydroxylation is 1. The van der Waals surface area contributed by atoms with Gasteiger partial charge in [-0.3, -0.25) is 19.8 Å². The van der Waals surface area contributed by atoms with Crippen molar-refractivity contribution in [1.29, 1.82) is 0 Å². The van der Waals surface area contributed by atoms with Crippen LogP contribution in [-0.2, 0) is 4.79 Å². The van der Waals surface area contributed by atoms with Crippen molar-refractivity contribution in [3.8, 4) is 0 Å². The number of carbonyl (C=O) groups excluding carboxylic acids is 1. The summed E-state index contributed by atoms with van der Waals surface area (Å²) in [5.74, 6) is 0.838. The maximum Gasteiger partial charge on any atom is 0.294 e. The van der Waals surface area contributed by atoms with Gasteiger partial charge in [-0.25, -0.2) is 0 Å². The fraction of sp³-hybridized carbons (Fsp3) is 0.412. The lowest BCUT2D eigenvalue weighted by atomic mass is 10.2. The topological polar surface area (TPSA) is 105 Å². The molecule has 0 spiro atoms. The molecule has 1 unspecified atom stereocenters. The minimum absolute atomic E-state index is 0.0110. The molecule has 1 aliphatic heterocycles. The zero-order valence-electron chi connectivity index (χ0n) is 15.0. The number of piperazine rings is 1. The van der Waals surface area contributed by atoms with Gasteiger partial charge in [0.2, 0.25) is 5.91 Å². The van der Waals surface area contributed by atoms with E-state index in [4.69, 9.17) is 16.1 Å². The molecule has 9 nitrogen and oxygen atoms in total. The molecule has 1 N–H and O–H groups in total. The lowest BCUT2D eigenvalue weighted by Gasteiger charge is -2.38. The van der Waals surface area contributed by atoms with E-state index >= 15 is 0 Å². The fourth-order valence-corrected chi connectivity index (χ4v) is 3.25. The van der Waals surface area contributed by atoms with Gasteiger partial charge in [-0.2, -0.15) is 0 Å². The molecule has 2 aromatic rings. The van der Waals surface area contributed by atoms with Crippen molar-refractivity contribution in [3.05, 3.63) is 45.2 Å². The largest absolute Gasteiger partial charge is 0.363 e. The maximum atomic E-state index is 12.4. The number of hydrogen-bond acceptors (Lipinski definition) is 7. The summed E-state index contributed by atoms with van der Waals surface area (Å²) in [6, 6.07) is 5.97. The van der Waals surface area contributed by atoms with E-state index < -0.39 is 4.92 Å². The summed E-state index contributed by atoms with van der Waals surface area (Å²) in [7, 11) is 0. The van der Waals surface area contributed by atoms with Crippen LogP contribution in [0.25, 0.3) is 0 Å². The summed E-state index contributed by atoms with van der Waals surface area (Å²) in [4.78, 5) is 27.2. The summed E-state index contributed by atoms with van der Waals surface area (Å²) in [6.45, 7) is 5.93. The number of halogens is 1. The van der Waals surface area contributed by atoms with Crippen LogP contribution in [0.3, 0.4) is 0 Å². The van der Waals surface area contributed by atoms with Crippen molar-refractivity contribution < 1.29 is 14.2 Å². The van der Waals surface area contributed by atoms with Crippen LogP contribution in [0.15, 0.2) is 28.8 Å². The highest BCUT2D eigenvalue weighted by atomic mass is 35.5. The Bertz CT molecular complexity index is 848.